The molecule has 0 radical (unpaired) electrons. The first-order valence-corrected chi connectivity index (χ1v) is 9.71. The van der Waals surface area contributed by atoms with Crippen molar-refractivity contribution in [3.63, 3.8) is 0 Å². The molecule has 0 unspecified atom stereocenters. The Balaban J connectivity index is 1.70. The topological polar surface area (TPSA) is 62.1 Å². The number of carbonyl (C=O) groups excluding carboxylic acids is 1. The lowest BCUT2D eigenvalue weighted by Crippen LogP contribution is -2.15. The van der Waals surface area contributed by atoms with Crippen LogP contribution in [0, 0.1) is 11.3 Å². The number of hydrogen-bond donors (Lipinski definition) is 1. The Hall–Kier alpha value is -3.76. The SMILES string of the molecule is N#C/C(=C\c1ccc(OCc2ccccc2)cc1)C(=O)Nc1cc(C(F)(F)F)ccc1Cl. The van der Waals surface area contributed by atoms with E-state index in [0.717, 1.165) is 17.7 Å². The summed E-state index contributed by atoms with van der Waals surface area (Å²) in [6.45, 7) is 0.389. The van der Waals surface area contributed by atoms with Crippen LogP contribution in [-0.4, -0.2) is 5.91 Å². The van der Waals surface area contributed by atoms with Crippen molar-refractivity contribution in [3.8, 4) is 11.8 Å². The molecule has 32 heavy (non-hydrogen) atoms. The molecule has 3 aromatic rings. The highest BCUT2D eigenvalue weighted by Crippen LogP contribution is 2.34. The van der Waals surface area contributed by atoms with Crippen molar-refractivity contribution in [2.75, 3.05) is 5.32 Å². The van der Waals surface area contributed by atoms with E-state index >= 15 is 0 Å². The maximum Gasteiger partial charge on any atom is 0.416 e. The minimum Gasteiger partial charge on any atom is -0.489 e. The van der Waals surface area contributed by atoms with Gasteiger partial charge in [0, 0.05) is 0 Å². The first-order chi connectivity index (χ1) is 15.3. The fraction of sp³-hybridized carbons (Fsp3) is 0.0833. The van der Waals surface area contributed by atoms with Crippen LogP contribution < -0.4 is 10.1 Å². The lowest BCUT2D eigenvalue weighted by molar-refractivity contribution is -0.137. The number of alkyl halides is 3. The zero-order valence-electron chi connectivity index (χ0n) is 16.5. The second kappa shape index (κ2) is 10.0. The number of nitriles is 1. The molecule has 0 aliphatic rings. The molecule has 0 aliphatic carbocycles. The van der Waals surface area contributed by atoms with Gasteiger partial charge in [-0.05, 0) is 47.5 Å². The van der Waals surface area contributed by atoms with Gasteiger partial charge in [0.05, 0.1) is 16.3 Å². The molecule has 0 atom stereocenters. The number of rotatable bonds is 6. The largest absolute Gasteiger partial charge is 0.489 e. The normalized spacial score (nSPS) is 11.5. The summed E-state index contributed by atoms with van der Waals surface area (Å²) >= 11 is 5.89. The van der Waals surface area contributed by atoms with E-state index in [1.807, 2.05) is 30.3 Å². The summed E-state index contributed by atoms with van der Waals surface area (Å²) in [5, 5.41) is 11.5. The second-order valence-electron chi connectivity index (χ2n) is 6.66. The summed E-state index contributed by atoms with van der Waals surface area (Å²) in [4.78, 5) is 12.4. The van der Waals surface area contributed by atoms with Gasteiger partial charge in [-0.25, -0.2) is 0 Å². The van der Waals surface area contributed by atoms with Crippen LogP contribution in [0.5, 0.6) is 5.75 Å². The Morgan fingerprint density at radius 3 is 2.38 bits per heavy atom. The van der Waals surface area contributed by atoms with Crippen molar-refractivity contribution in [2.45, 2.75) is 12.8 Å². The van der Waals surface area contributed by atoms with E-state index in [2.05, 4.69) is 5.32 Å². The number of hydrogen-bond acceptors (Lipinski definition) is 3. The molecule has 162 valence electrons. The lowest BCUT2D eigenvalue weighted by atomic mass is 10.1. The summed E-state index contributed by atoms with van der Waals surface area (Å²) in [6, 6.07) is 20.6. The summed E-state index contributed by atoms with van der Waals surface area (Å²) < 4.78 is 44.4. The maximum atomic E-state index is 12.9. The Morgan fingerprint density at radius 2 is 1.75 bits per heavy atom. The molecule has 0 fully saturated rings. The van der Waals surface area contributed by atoms with Gasteiger partial charge in [-0.1, -0.05) is 54.1 Å². The number of halogens is 4. The number of anilines is 1. The number of nitrogens with one attached hydrogen (secondary N) is 1. The summed E-state index contributed by atoms with van der Waals surface area (Å²) in [5.74, 6) is -0.275. The van der Waals surface area contributed by atoms with Gasteiger partial charge < -0.3 is 10.1 Å². The minimum absolute atomic E-state index is 0.0800. The van der Waals surface area contributed by atoms with Crippen LogP contribution in [0.4, 0.5) is 18.9 Å². The molecule has 0 saturated carbocycles. The minimum atomic E-state index is -4.59. The van der Waals surface area contributed by atoms with Gasteiger partial charge in [-0.15, -0.1) is 0 Å². The molecule has 0 saturated heterocycles. The van der Waals surface area contributed by atoms with Crippen LogP contribution in [-0.2, 0) is 17.6 Å². The number of nitrogens with zero attached hydrogens (tertiary/aromatic N) is 1. The molecule has 8 heteroatoms. The van der Waals surface area contributed by atoms with E-state index in [-0.39, 0.29) is 16.3 Å². The third-order valence-corrected chi connectivity index (χ3v) is 4.68. The van der Waals surface area contributed by atoms with Gasteiger partial charge in [0.1, 0.15) is 24.0 Å². The van der Waals surface area contributed by atoms with Crippen LogP contribution in [0.25, 0.3) is 6.08 Å². The van der Waals surface area contributed by atoms with Gasteiger partial charge in [-0.3, -0.25) is 4.79 Å². The van der Waals surface area contributed by atoms with Crippen molar-refractivity contribution in [1.29, 1.82) is 5.26 Å². The predicted molar refractivity (Wildman–Crippen MR) is 116 cm³/mol. The fourth-order valence-electron chi connectivity index (χ4n) is 2.70. The summed E-state index contributed by atoms with van der Waals surface area (Å²) in [5.41, 5.74) is 0.0478. The van der Waals surface area contributed by atoms with E-state index in [9.17, 15) is 23.2 Å². The highest BCUT2D eigenvalue weighted by molar-refractivity contribution is 6.34. The molecule has 0 heterocycles. The maximum absolute atomic E-state index is 12.9. The molecule has 0 aromatic heterocycles. The van der Waals surface area contributed by atoms with Gasteiger partial charge in [0.2, 0.25) is 0 Å². The van der Waals surface area contributed by atoms with E-state index in [1.54, 1.807) is 30.3 Å². The predicted octanol–water partition coefficient (Wildman–Crippen LogP) is 6.48. The van der Waals surface area contributed by atoms with Gasteiger partial charge in [0.25, 0.3) is 5.91 Å². The molecule has 1 amide bonds. The Bertz CT molecular complexity index is 1170. The van der Waals surface area contributed by atoms with Crippen LogP contribution >= 0.6 is 11.6 Å². The molecule has 4 nitrogen and oxygen atoms in total. The first-order valence-electron chi connectivity index (χ1n) is 9.33. The van der Waals surface area contributed by atoms with Crippen molar-refractivity contribution >= 4 is 29.3 Å². The first kappa shape index (κ1) is 22.9. The van der Waals surface area contributed by atoms with Crippen LogP contribution in [0.2, 0.25) is 5.02 Å². The third-order valence-electron chi connectivity index (χ3n) is 4.35. The second-order valence-corrected chi connectivity index (χ2v) is 7.07. The lowest BCUT2D eigenvalue weighted by Gasteiger charge is -2.11. The quantitative estimate of drug-likeness (QED) is 0.341. The molecule has 1 N–H and O–H groups in total. The molecule has 3 rings (SSSR count). The standard InChI is InChI=1S/C24H16ClF3N2O2/c25-21-11-8-19(24(26,27)28)13-22(21)30-23(31)18(14-29)12-16-6-9-20(10-7-16)32-15-17-4-2-1-3-5-17/h1-13H,15H2,(H,30,31)/b18-12+. The van der Waals surface area contributed by atoms with Crippen molar-refractivity contribution in [2.24, 2.45) is 0 Å². The molecular weight excluding hydrogens is 441 g/mol. The average Bonchev–Trinajstić information content (AvgIpc) is 2.78. The Morgan fingerprint density at radius 1 is 1.06 bits per heavy atom. The Labute approximate surface area is 187 Å². The highest BCUT2D eigenvalue weighted by atomic mass is 35.5. The zero-order chi connectivity index (χ0) is 23.1. The summed E-state index contributed by atoms with van der Waals surface area (Å²) in [6.07, 6.45) is -3.28. The van der Waals surface area contributed by atoms with Crippen molar-refractivity contribution in [3.05, 3.63) is 100 Å². The monoisotopic (exact) mass is 456 g/mol. The smallest absolute Gasteiger partial charge is 0.416 e. The van der Waals surface area contributed by atoms with Gasteiger partial charge in [0.15, 0.2) is 0 Å². The highest BCUT2D eigenvalue weighted by Gasteiger charge is 2.31. The molecule has 0 bridgehead atoms. The van der Waals surface area contributed by atoms with Gasteiger partial charge in [-0.2, -0.15) is 18.4 Å². The van der Waals surface area contributed by atoms with E-state index in [0.29, 0.717) is 24.0 Å². The Kier molecular flexibility index (Phi) is 7.18. The zero-order valence-corrected chi connectivity index (χ0v) is 17.2. The van der Waals surface area contributed by atoms with Crippen molar-refractivity contribution < 1.29 is 22.7 Å². The van der Waals surface area contributed by atoms with Crippen LogP contribution in [0.1, 0.15) is 16.7 Å². The van der Waals surface area contributed by atoms with E-state index in [1.165, 1.54) is 6.08 Å². The summed E-state index contributed by atoms with van der Waals surface area (Å²) in [7, 11) is 0. The average molecular weight is 457 g/mol. The van der Waals surface area contributed by atoms with Crippen molar-refractivity contribution in [1.82, 2.24) is 0 Å². The number of benzene rings is 3. The van der Waals surface area contributed by atoms with E-state index < -0.39 is 17.6 Å². The third kappa shape index (κ3) is 6.13. The van der Waals surface area contributed by atoms with Gasteiger partial charge >= 0.3 is 6.18 Å². The molecule has 0 aliphatic heterocycles. The van der Waals surface area contributed by atoms with Crippen LogP contribution in [0.3, 0.4) is 0 Å². The molecular formula is C24H16ClF3N2O2. The van der Waals surface area contributed by atoms with E-state index in [4.69, 9.17) is 16.3 Å². The molecule has 0 spiro atoms. The number of amides is 1. The molecule has 3 aromatic carbocycles. The number of ether oxygens (including phenoxy) is 1. The van der Waals surface area contributed by atoms with Crippen LogP contribution in [0.15, 0.2) is 78.4 Å². The fourth-order valence-corrected chi connectivity index (χ4v) is 2.87. The number of carbonyl (C=O) groups is 1.